The van der Waals surface area contributed by atoms with E-state index in [2.05, 4.69) is 9.98 Å². The van der Waals surface area contributed by atoms with Crippen molar-refractivity contribution in [3.8, 4) is 17.4 Å². The zero-order chi connectivity index (χ0) is 15.7. The highest BCUT2D eigenvalue weighted by atomic mass is 32.1. The third kappa shape index (κ3) is 2.60. The number of ether oxygens (including phenoxy) is 2. The van der Waals surface area contributed by atoms with Gasteiger partial charge in [0.15, 0.2) is 16.3 Å². The summed E-state index contributed by atoms with van der Waals surface area (Å²) in [6.07, 6.45) is 1.33. The van der Waals surface area contributed by atoms with Gasteiger partial charge >= 0.3 is 0 Å². The quantitative estimate of drug-likeness (QED) is 0.661. The Balaban J connectivity index is 1.82. The molecule has 1 aliphatic heterocycles. The molecule has 2 aromatic rings. The summed E-state index contributed by atoms with van der Waals surface area (Å²) in [4.78, 5) is 18.4. The molecule has 0 bridgehead atoms. The minimum absolute atomic E-state index is 0.0665. The van der Waals surface area contributed by atoms with Gasteiger partial charge in [-0.3, -0.25) is 19.3 Å². The van der Waals surface area contributed by atoms with E-state index >= 15 is 0 Å². The van der Waals surface area contributed by atoms with Gasteiger partial charge in [0.2, 0.25) is 12.7 Å². The van der Waals surface area contributed by atoms with E-state index in [1.165, 1.54) is 10.8 Å². The van der Waals surface area contributed by atoms with E-state index in [4.69, 9.17) is 21.7 Å². The van der Waals surface area contributed by atoms with Gasteiger partial charge in [-0.1, -0.05) is 6.07 Å². The molecule has 0 saturated heterocycles. The van der Waals surface area contributed by atoms with Crippen LogP contribution in [0.5, 0.6) is 17.4 Å². The number of aromatic amines is 1. The fourth-order valence-electron chi connectivity index (χ4n) is 2.02. The van der Waals surface area contributed by atoms with Gasteiger partial charge in [-0.2, -0.15) is 0 Å². The molecule has 7 nitrogen and oxygen atoms in total. The topological polar surface area (TPSA) is 88.8 Å². The highest BCUT2D eigenvalue weighted by Crippen LogP contribution is 2.32. The smallest absolute Gasteiger partial charge is 0.264 e. The second-order valence-electron chi connectivity index (χ2n) is 4.71. The van der Waals surface area contributed by atoms with Gasteiger partial charge in [0, 0.05) is 13.3 Å². The maximum atomic E-state index is 11.8. The second-order valence-corrected chi connectivity index (χ2v) is 5.10. The average molecular weight is 319 g/mol. The summed E-state index contributed by atoms with van der Waals surface area (Å²) in [6.45, 7) is 0.560. The van der Waals surface area contributed by atoms with Crippen LogP contribution in [0.1, 0.15) is 11.1 Å². The molecule has 0 fully saturated rings. The molecule has 0 radical (unpaired) electrons. The fraction of sp³-hybridized carbons (Fsp3) is 0.214. The molecule has 0 atom stereocenters. The number of fused-ring (bicyclic) bond motifs is 1. The van der Waals surface area contributed by atoms with Crippen LogP contribution in [0.2, 0.25) is 0 Å². The Labute approximate surface area is 130 Å². The first kappa shape index (κ1) is 14.3. The van der Waals surface area contributed by atoms with Gasteiger partial charge in [-0.25, -0.2) is 0 Å². The third-order valence-corrected chi connectivity index (χ3v) is 3.64. The molecule has 1 aliphatic rings. The SMILES string of the molecule is Cn1c(O)c(C=NCc2ccc3c(c2)OCO3)c(=O)[nH]c1=S. The zero-order valence-corrected chi connectivity index (χ0v) is 12.5. The highest BCUT2D eigenvalue weighted by molar-refractivity contribution is 7.71. The van der Waals surface area contributed by atoms with Crippen molar-refractivity contribution in [2.75, 3.05) is 6.79 Å². The summed E-state index contributed by atoms with van der Waals surface area (Å²) >= 11 is 4.90. The van der Waals surface area contributed by atoms with Gasteiger partial charge in [-0.15, -0.1) is 0 Å². The van der Waals surface area contributed by atoms with Crippen LogP contribution < -0.4 is 15.0 Å². The lowest BCUT2D eigenvalue weighted by Crippen LogP contribution is -2.17. The molecule has 8 heteroatoms. The second kappa shape index (κ2) is 5.64. The normalized spacial score (nSPS) is 13.0. The van der Waals surface area contributed by atoms with Crippen molar-refractivity contribution in [3.63, 3.8) is 0 Å². The highest BCUT2D eigenvalue weighted by Gasteiger charge is 2.13. The standard InChI is InChI=1S/C14H13N3O4S/c1-17-13(19)9(12(18)16-14(17)22)6-15-5-8-2-3-10-11(4-8)21-7-20-10/h2-4,6,19H,5,7H2,1H3,(H,16,18,22). The molecule has 0 amide bonds. The van der Waals surface area contributed by atoms with Crippen LogP contribution in [-0.4, -0.2) is 27.7 Å². The summed E-state index contributed by atoms with van der Waals surface area (Å²) < 4.78 is 12.0. The van der Waals surface area contributed by atoms with E-state index in [9.17, 15) is 9.90 Å². The number of nitrogens with zero attached hydrogens (tertiary/aromatic N) is 2. The Morgan fingerprint density at radius 1 is 1.45 bits per heavy atom. The van der Waals surface area contributed by atoms with Crippen LogP contribution in [0.25, 0.3) is 0 Å². The molecule has 114 valence electrons. The Bertz CT molecular complexity index is 869. The van der Waals surface area contributed by atoms with E-state index < -0.39 is 5.56 Å². The van der Waals surface area contributed by atoms with Crippen molar-refractivity contribution < 1.29 is 14.6 Å². The van der Waals surface area contributed by atoms with Crippen LogP contribution in [0, 0.1) is 4.77 Å². The number of hydrogen-bond acceptors (Lipinski definition) is 6. The molecule has 2 heterocycles. The maximum absolute atomic E-state index is 11.8. The van der Waals surface area contributed by atoms with Crippen molar-refractivity contribution in [2.24, 2.45) is 12.0 Å². The largest absolute Gasteiger partial charge is 0.494 e. The van der Waals surface area contributed by atoms with Gasteiger partial charge in [0.1, 0.15) is 5.56 Å². The average Bonchev–Trinajstić information content (AvgIpc) is 2.96. The van der Waals surface area contributed by atoms with E-state index in [0.717, 1.165) is 5.56 Å². The van der Waals surface area contributed by atoms with Crippen molar-refractivity contribution in [1.29, 1.82) is 0 Å². The Hall–Kier alpha value is -2.61. The van der Waals surface area contributed by atoms with Crippen molar-refractivity contribution in [1.82, 2.24) is 9.55 Å². The first-order valence-corrected chi connectivity index (χ1v) is 6.87. The van der Waals surface area contributed by atoms with Gasteiger partial charge in [0.25, 0.3) is 5.56 Å². The number of aromatic nitrogens is 2. The molecule has 1 aromatic carbocycles. The Kier molecular flexibility index (Phi) is 3.68. The summed E-state index contributed by atoms with van der Waals surface area (Å²) in [6, 6.07) is 5.50. The minimum atomic E-state index is -0.477. The number of hydrogen-bond donors (Lipinski definition) is 2. The number of benzene rings is 1. The number of aromatic hydroxyl groups is 1. The molecule has 2 N–H and O–H groups in total. The monoisotopic (exact) mass is 319 g/mol. The lowest BCUT2D eigenvalue weighted by atomic mass is 10.2. The van der Waals surface area contributed by atoms with E-state index in [-0.39, 0.29) is 23.0 Å². The van der Waals surface area contributed by atoms with Crippen LogP contribution >= 0.6 is 12.2 Å². The summed E-state index contributed by atoms with van der Waals surface area (Å²) in [5, 5.41) is 9.93. The molecule has 0 unspecified atom stereocenters. The van der Waals surface area contributed by atoms with Gasteiger partial charge in [0.05, 0.1) is 6.54 Å². The van der Waals surface area contributed by atoms with E-state index in [1.54, 1.807) is 7.05 Å². The van der Waals surface area contributed by atoms with Gasteiger partial charge in [-0.05, 0) is 29.9 Å². The maximum Gasteiger partial charge on any atom is 0.264 e. The first-order chi connectivity index (χ1) is 10.6. The molecular formula is C14H13N3O4S. The fourth-order valence-corrected chi connectivity index (χ4v) is 2.20. The lowest BCUT2D eigenvalue weighted by Gasteiger charge is -2.04. The lowest BCUT2D eigenvalue weighted by molar-refractivity contribution is 0.174. The summed E-state index contributed by atoms with van der Waals surface area (Å²) in [7, 11) is 1.56. The molecule has 1 aromatic heterocycles. The van der Waals surface area contributed by atoms with E-state index in [1.807, 2.05) is 18.2 Å². The molecule has 0 spiro atoms. The third-order valence-electron chi connectivity index (χ3n) is 3.26. The van der Waals surface area contributed by atoms with Crippen molar-refractivity contribution in [3.05, 3.63) is 44.5 Å². The van der Waals surface area contributed by atoms with Crippen LogP contribution in [0.4, 0.5) is 0 Å². The molecule has 3 rings (SSSR count). The number of nitrogens with one attached hydrogen (secondary N) is 1. The summed E-state index contributed by atoms with van der Waals surface area (Å²) in [5.41, 5.74) is 0.493. The summed E-state index contributed by atoms with van der Waals surface area (Å²) in [5.74, 6) is 1.16. The molecule has 0 aliphatic carbocycles. The Morgan fingerprint density at radius 2 is 2.23 bits per heavy atom. The Morgan fingerprint density at radius 3 is 3.05 bits per heavy atom. The predicted molar refractivity (Wildman–Crippen MR) is 82.4 cm³/mol. The zero-order valence-electron chi connectivity index (χ0n) is 11.7. The molecular weight excluding hydrogens is 306 g/mol. The molecule has 22 heavy (non-hydrogen) atoms. The minimum Gasteiger partial charge on any atom is -0.494 e. The number of aliphatic imine (C=N–C) groups is 1. The van der Waals surface area contributed by atoms with Crippen LogP contribution in [0.3, 0.4) is 0 Å². The first-order valence-electron chi connectivity index (χ1n) is 6.47. The van der Waals surface area contributed by atoms with Crippen LogP contribution in [-0.2, 0) is 13.6 Å². The predicted octanol–water partition coefficient (Wildman–Crippen LogP) is 1.50. The van der Waals surface area contributed by atoms with Crippen LogP contribution in [0.15, 0.2) is 28.0 Å². The molecule has 0 saturated carbocycles. The van der Waals surface area contributed by atoms with E-state index in [0.29, 0.717) is 18.0 Å². The van der Waals surface area contributed by atoms with Crippen molar-refractivity contribution >= 4 is 18.4 Å². The van der Waals surface area contributed by atoms with Crippen molar-refractivity contribution in [2.45, 2.75) is 6.54 Å². The number of rotatable bonds is 3. The van der Waals surface area contributed by atoms with Gasteiger partial charge < -0.3 is 14.6 Å². The number of H-pyrrole nitrogens is 1.